The molecule has 0 atom stereocenters. The summed E-state index contributed by atoms with van der Waals surface area (Å²) in [6.45, 7) is -0.320. The predicted octanol–water partition coefficient (Wildman–Crippen LogP) is 4.10. The van der Waals surface area contributed by atoms with Gasteiger partial charge in [-0.05, 0) is 47.8 Å². The number of rotatable bonds is 7. The number of ether oxygens (including phenoxy) is 1. The van der Waals surface area contributed by atoms with Crippen LogP contribution in [-0.2, 0) is 21.4 Å². The zero-order chi connectivity index (χ0) is 21.8. The number of benzene rings is 2. The molecule has 0 fully saturated rings. The van der Waals surface area contributed by atoms with Crippen molar-refractivity contribution >= 4 is 33.0 Å². The molecule has 2 heterocycles. The van der Waals surface area contributed by atoms with E-state index in [1.807, 2.05) is 0 Å². The first-order valence-corrected chi connectivity index (χ1v) is 11.2. The van der Waals surface area contributed by atoms with Crippen LogP contribution >= 0.6 is 11.3 Å². The van der Waals surface area contributed by atoms with E-state index in [1.54, 1.807) is 23.6 Å². The third-order valence-electron chi connectivity index (χ3n) is 4.05. The number of esters is 1. The van der Waals surface area contributed by atoms with Gasteiger partial charge in [-0.3, -0.25) is 4.72 Å². The second-order valence-corrected chi connectivity index (χ2v) is 9.03. The number of carbonyl (C=O) groups is 1. The highest BCUT2D eigenvalue weighted by molar-refractivity contribution is 7.94. The molecule has 158 valence electrons. The quantitative estimate of drug-likeness (QED) is 0.414. The maximum atomic E-state index is 13.0. The Morgan fingerprint density at radius 1 is 1.10 bits per heavy atom. The second kappa shape index (κ2) is 8.66. The van der Waals surface area contributed by atoms with Crippen molar-refractivity contribution in [2.75, 3.05) is 4.72 Å². The number of nitrogens with one attached hydrogen (secondary N) is 1. The van der Waals surface area contributed by atoms with Crippen LogP contribution in [0.2, 0.25) is 0 Å². The van der Waals surface area contributed by atoms with Crippen LogP contribution in [0.25, 0.3) is 11.4 Å². The molecule has 0 unspecified atom stereocenters. The van der Waals surface area contributed by atoms with Crippen LogP contribution in [0.1, 0.15) is 16.2 Å². The fraction of sp³-hybridized carbons (Fsp3) is 0.0500. The van der Waals surface area contributed by atoms with Crippen LogP contribution in [0, 0.1) is 5.82 Å². The molecule has 31 heavy (non-hydrogen) atoms. The highest BCUT2D eigenvalue weighted by Gasteiger charge is 2.21. The molecule has 0 aliphatic heterocycles. The van der Waals surface area contributed by atoms with Gasteiger partial charge in [0.25, 0.3) is 15.9 Å². The number of para-hydroxylation sites is 1. The molecule has 1 N–H and O–H groups in total. The van der Waals surface area contributed by atoms with Crippen molar-refractivity contribution in [3.05, 3.63) is 83.3 Å². The van der Waals surface area contributed by atoms with Gasteiger partial charge in [-0.1, -0.05) is 23.4 Å². The zero-order valence-electron chi connectivity index (χ0n) is 15.7. The van der Waals surface area contributed by atoms with E-state index in [-0.39, 0.29) is 33.8 Å². The molecular formula is C20H14FN3O5S2. The third kappa shape index (κ3) is 4.78. The second-order valence-electron chi connectivity index (χ2n) is 6.18. The van der Waals surface area contributed by atoms with Gasteiger partial charge in [0.2, 0.25) is 5.82 Å². The van der Waals surface area contributed by atoms with Gasteiger partial charge in [-0.2, -0.15) is 4.98 Å². The molecule has 0 aliphatic carbocycles. The fourth-order valence-corrected chi connectivity index (χ4v) is 4.67. The van der Waals surface area contributed by atoms with E-state index in [4.69, 9.17) is 9.26 Å². The van der Waals surface area contributed by atoms with Crippen molar-refractivity contribution in [1.82, 2.24) is 10.1 Å². The Morgan fingerprint density at radius 3 is 2.61 bits per heavy atom. The molecule has 8 nitrogen and oxygen atoms in total. The van der Waals surface area contributed by atoms with Gasteiger partial charge in [0.05, 0.1) is 11.3 Å². The van der Waals surface area contributed by atoms with E-state index in [1.165, 1.54) is 42.5 Å². The number of hydrogen-bond acceptors (Lipinski definition) is 8. The summed E-state index contributed by atoms with van der Waals surface area (Å²) in [6, 6.07) is 14.7. The largest absolute Gasteiger partial charge is 0.452 e. The van der Waals surface area contributed by atoms with Gasteiger partial charge >= 0.3 is 5.97 Å². The average Bonchev–Trinajstić information content (AvgIpc) is 3.45. The van der Waals surface area contributed by atoms with Crippen molar-refractivity contribution in [2.24, 2.45) is 0 Å². The Hall–Kier alpha value is -3.57. The van der Waals surface area contributed by atoms with Crippen LogP contribution in [-0.4, -0.2) is 24.5 Å². The predicted molar refractivity (Wildman–Crippen MR) is 110 cm³/mol. The van der Waals surface area contributed by atoms with Gasteiger partial charge in [0, 0.05) is 5.56 Å². The third-order valence-corrected chi connectivity index (χ3v) is 6.81. The number of hydrogen-bond donors (Lipinski definition) is 1. The molecule has 0 saturated heterocycles. The van der Waals surface area contributed by atoms with Crippen LogP contribution in [0.4, 0.5) is 10.1 Å². The molecule has 4 aromatic rings. The number of carbonyl (C=O) groups excluding carboxylic acids is 1. The summed E-state index contributed by atoms with van der Waals surface area (Å²) in [5, 5.41) is 5.41. The minimum atomic E-state index is -3.83. The summed E-state index contributed by atoms with van der Waals surface area (Å²) in [7, 11) is -3.83. The van der Waals surface area contributed by atoms with E-state index in [0.717, 1.165) is 11.3 Å². The van der Waals surface area contributed by atoms with Gasteiger partial charge in [-0.25, -0.2) is 17.6 Å². The topological polar surface area (TPSA) is 111 Å². The molecule has 4 rings (SSSR count). The maximum Gasteiger partial charge on any atom is 0.340 e. The summed E-state index contributed by atoms with van der Waals surface area (Å²) in [4.78, 5) is 16.6. The molecule has 2 aromatic heterocycles. The van der Waals surface area contributed by atoms with Gasteiger partial charge in [-0.15, -0.1) is 11.3 Å². The van der Waals surface area contributed by atoms with Crippen molar-refractivity contribution in [1.29, 1.82) is 0 Å². The summed E-state index contributed by atoms with van der Waals surface area (Å²) < 4.78 is 50.7. The lowest BCUT2D eigenvalue weighted by molar-refractivity contribution is 0.0431. The summed E-state index contributed by atoms with van der Waals surface area (Å²) in [6.07, 6.45) is 0. The Labute approximate surface area is 180 Å². The lowest BCUT2D eigenvalue weighted by atomic mass is 10.2. The van der Waals surface area contributed by atoms with Crippen molar-refractivity contribution in [3.8, 4) is 11.4 Å². The first-order chi connectivity index (χ1) is 14.9. The molecule has 0 radical (unpaired) electrons. The minimum Gasteiger partial charge on any atom is -0.452 e. The molecule has 0 amide bonds. The van der Waals surface area contributed by atoms with E-state index >= 15 is 0 Å². The maximum absolute atomic E-state index is 13.0. The zero-order valence-corrected chi connectivity index (χ0v) is 17.3. The normalized spacial score (nSPS) is 11.3. The molecule has 0 aliphatic rings. The monoisotopic (exact) mass is 459 g/mol. The number of anilines is 1. The molecule has 0 saturated carbocycles. The molecule has 2 aromatic carbocycles. The van der Waals surface area contributed by atoms with Crippen molar-refractivity contribution in [2.45, 2.75) is 10.8 Å². The van der Waals surface area contributed by atoms with E-state index < -0.39 is 21.8 Å². The Morgan fingerprint density at radius 2 is 1.87 bits per heavy atom. The summed E-state index contributed by atoms with van der Waals surface area (Å²) >= 11 is 1.06. The van der Waals surface area contributed by atoms with E-state index in [9.17, 15) is 17.6 Å². The number of halogens is 1. The molecular weight excluding hydrogens is 445 g/mol. The average molecular weight is 459 g/mol. The van der Waals surface area contributed by atoms with Crippen LogP contribution in [0.15, 0.2) is 74.8 Å². The Balaban J connectivity index is 1.46. The number of thiophene rings is 1. The van der Waals surface area contributed by atoms with E-state index in [0.29, 0.717) is 5.56 Å². The highest BCUT2D eigenvalue weighted by Crippen LogP contribution is 2.24. The Kier molecular flexibility index (Phi) is 5.78. The van der Waals surface area contributed by atoms with Gasteiger partial charge < -0.3 is 9.26 Å². The fourth-order valence-electron chi connectivity index (χ4n) is 2.60. The SMILES string of the molecule is O=C(OCc1nc(-c2ccc(F)cc2)no1)c1ccccc1NS(=O)(=O)c1cccs1. The van der Waals surface area contributed by atoms with Crippen LogP contribution in [0.3, 0.4) is 0 Å². The molecule has 0 spiro atoms. The lowest BCUT2D eigenvalue weighted by Crippen LogP contribution is -2.15. The lowest BCUT2D eigenvalue weighted by Gasteiger charge is -2.10. The smallest absolute Gasteiger partial charge is 0.340 e. The van der Waals surface area contributed by atoms with Crippen LogP contribution < -0.4 is 4.72 Å². The van der Waals surface area contributed by atoms with E-state index in [2.05, 4.69) is 14.9 Å². The Bertz CT molecular complexity index is 1300. The first kappa shape index (κ1) is 20.7. The van der Waals surface area contributed by atoms with Gasteiger partial charge in [0.15, 0.2) is 6.61 Å². The van der Waals surface area contributed by atoms with Gasteiger partial charge in [0.1, 0.15) is 10.0 Å². The number of nitrogens with zero attached hydrogens (tertiary/aromatic N) is 2. The molecule has 11 heteroatoms. The van der Waals surface area contributed by atoms with Crippen LogP contribution in [0.5, 0.6) is 0 Å². The van der Waals surface area contributed by atoms with Crippen molar-refractivity contribution in [3.63, 3.8) is 0 Å². The van der Waals surface area contributed by atoms with Crippen molar-refractivity contribution < 1.29 is 26.9 Å². The minimum absolute atomic E-state index is 0.0286. The molecule has 0 bridgehead atoms. The summed E-state index contributed by atoms with van der Waals surface area (Å²) in [5.74, 6) is -0.916. The number of aromatic nitrogens is 2. The highest BCUT2D eigenvalue weighted by atomic mass is 32.2. The first-order valence-electron chi connectivity index (χ1n) is 8.83. The number of sulfonamides is 1. The standard InChI is InChI=1S/C20H14FN3O5S2/c21-14-9-7-13(8-10-14)19-22-17(29-23-19)12-28-20(25)15-4-1-2-5-16(15)24-31(26,27)18-6-3-11-30-18/h1-11,24H,12H2. The summed E-state index contributed by atoms with van der Waals surface area (Å²) in [5.41, 5.74) is 0.649.